The lowest BCUT2D eigenvalue weighted by molar-refractivity contribution is 0.0729. The van der Waals surface area contributed by atoms with Crippen molar-refractivity contribution in [2.75, 3.05) is 12.3 Å². The quantitative estimate of drug-likeness (QED) is 0.816. The van der Waals surface area contributed by atoms with E-state index in [1.165, 1.54) is 6.42 Å². The fourth-order valence-electron chi connectivity index (χ4n) is 2.94. The van der Waals surface area contributed by atoms with Gasteiger partial charge in [0.05, 0.1) is 5.69 Å². The zero-order valence-corrected chi connectivity index (χ0v) is 11.5. The third kappa shape index (κ3) is 2.83. The summed E-state index contributed by atoms with van der Waals surface area (Å²) in [6.07, 6.45) is 1.29. The minimum atomic E-state index is -0.307. The molecule has 1 aliphatic heterocycles. The monoisotopic (exact) mass is 250 g/mol. The molecule has 0 aromatic heterocycles. The topological polar surface area (TPSA) is 29.3 Å². The lowest BCUT2D eigenvalue weighted by Crippen LogP contribution is -2.45. The average molecular weight is 250 g/mol. The molecule has 100 valence electrons. The van der Waals surface area contributed by atoms with Crippen LogP contribution in [0.5, 0.6) is 0 Å². The molecule has 0 aliphatic carbocycles. The van der Waals surface area contributed by atoms with Gasteiger partial charge in [-0.15, -0.1) is 0 Å². The summed E-state index contributed by atoms with van der Waals surface area (Å²) in [7, 11) is 0. The van der Waals surface area contributed by atoms with Gasteiger partial charge in [0.2, 0.25) is 0 Å². The molecule has 0 radical (unpaired) electrons. The number of benzene rings is 1. The molecule has 0 saturated carbocycles. The molecule has 1 aliphatic rings. The number of likely N-dealkylation sites (tertiary alicyclic amines) is 1. The van der Waals surface area contributed by atoms with Crippen LogP contribution in [0.4, 0.5) is 10.1 Å². The van der Waals surface area contributed by atoms with Gasteiger partial charge in [0.15, 0.2) is 0 Å². The Balaban J connectivity index is 2.09. The van der Waals surface area contributed by atoms with Crippen LogP contribution in [0.15, 0.2) is 18.2 Å². The predicted molar refractivity (Wildman–Crippen MR) is 73.6 cm³/mol. The molecule has 2 nitrogen and oxygen atoms in total. The van der Waals surface area contributed by atoms with E-state index in [0.29, 0.717) is 12.0 Å². The van der Waals surface area contributed by atoms with Crippen LogP contribution >= 0.6 is 0 Å². The number of piperidine rings is 1. The van der Waals surface area contributed by atoms with Crippen molar-refractivity contribution in [3.63, 3.8) is 0 Å². The molecule has 3 unspecified atom stereocenters. The maximum absolute atomic E-state index is 13.4. The maximum Gasteiger partial charge on any atom is 0.146 e. The van der Waals surface area contributed by atoms with E-state index in [1.54, 1.807) is 12.1 Å². The van der Waals surface area contributed by atoms with E-state index in [-0.39, 0.29) is 11.5 Å². The first-order valence-electron chi connectivity index (χ1n) is 6.75. The Kier molecular flexibility index (Phi) is 3.91. The van der Waals surface area contributed by atoms with Crippen molar-refractivity contribution in [3.05, 3.63) is 29.6 Å². The van der Waals surface area contributed by atoms with Crippen molar-refractivity contribution in [2.24, 2.45) is 11.8 Å². The number of halogens is 1. The fraction of sp³-hybridized carbons (Fsp3) is 0.600. The largest absolute Gasteiger partial charge is 0.396 e. The number of nitrogens with zero attached hydrogens (tertiary/aromatic N) is 1. The molecule has 3 atom stereocenters. The summed E-state index contributed by atoms with van der Waals surface area (Å²) in [5, 5.41) is 0. The average Bonchev–Trinajstić information content (AvgIpc) is 2.30. The second-order valence-electron chi connectivity index (χ2n) is 5.84. The van der Waals surface area contributed by atoms with E-state index in [0.717, 1.165) is 24.6 Å². The van der Waals surface area contributed by atoms with Gasteiger partial charge in [-0.3, -0.25) is 4.90 Å². The third-order valence-electron chi connectivity index (χ3n) is 4.17. The summed E-state index contributed by atoms with van der Waals surface area (Å²) in [6.45, 7) is 8.77. The standard InChI is InChI=1S/C15H23FN2/c1-10-6-11(2)12(3)18(8-10)9-13-4-5-15(17)14(16)7-13/h4-5,7,10-12H,6,8-9,17H2,1-3H3. The molecule has 0 spiro atoms. The second kappa shape index (κ2) is 5.27. The molecule has 2 rings (SSSR count). The first-order chi connectivity index (χ1) is 8.47. The van der Waals surface area contributed by atoms with Gasteiger partial charge < -0.3 is 5.73 Å². The Morgan fingerprint density at radius 2 is 2.06 bits per heavy atom. The molecule has 1 aromatic carbocycles. The van der Waals surface area contributed by atoms with Gasteiger partial charge in [-0.25, -0.2) is 4.39 Å². The number of hydrogen-bond acceptors (Lipinski definition) is 2. The van der Waals surface area contributed by atoms with Crippen LogP contribution in [0.3, 0.4) is 0 Å². The van der Waals surface area contributed by atoms with Crippen molar-refractivity contribution in [2.45, 2.75) is 39.8 Å². The van der Waals surface area contributed by atoms with Crippen LogP contribution in [0.1, 0.15) is 32.8 Å². The molecule has 3 heteroatoms. The van der Waals surface area contributed by atoms with Crippen LogP contribution in [-0.2, 0) is 6.54 Å². The van der Waals surface area contributed by atoms with Crippen molar-refractivity contribution < 1.29 is 4.39 Å². The summed E-state index contributed by atoms with van der Waals surface area (Å²) >= 11 is 0. The number of rotatable bonds is 2. The summed E-state index contributed by atoms with van der Waals surface area (Å²) in [5.74, 6) is 1.11. The van der Waals surface area contributed by atoms with Gasteiger partial charge in [0.25, 0.3) is 0 Å². The molecular weight excluding hydrogens is 227 g/mol. The molecule has 1 aromatic rings. The summed E-state index contributed by atoms with van der Waals surface area (Å²) in [6, 6.07) is 5.70. The summed E-state index contributed by atoms with van der Waals surface area (Å²) in [4.78, 5) is 2.45. The van der Waals surface area contributed by atoms with Gasteiger partial charge in [0.1, 0.15) is 5.82 Å². The number of hydrogen-bond donors (Lipinski definition) is 1. The Labute approximate surface area is 109 Å². The van der Waals surface area contributed by atoms with E-state index >= 15 is 0 Å². The van der Waals surface area contributed by atoms with Crippen LogP contribution in [-0.4, -0.2) is 17.5 Å². The number of nitrogens with two attached hydrogens (primary N) is 1. The second-order valence-corrected chi connectivity index (χ2v) is 5.84. The zero-order chi connectivity index (χ0) is 13.3. The van der Waals surface area contributed by atoms with Gasteiger partial charge >= 0.3 is 0 Å². The lowest BCUT2D eigenvalue weighted by Gasteiger charge is -2.41. The highest BCUT2D eigenvalue weighted by Crippen LogP contribution is 2.28. The maximum atomic E-state index is 13.4. The van der Waals surface area contributed by atoms with Gasteiger partial charge in [0, 0.05) is 19.1 Å². The van der Waals surface area contributed by atoms with E-state index in [4.69, 9.17) is 5.73 Å². The fourth-order valence-corrected chi connectivity index (χ4v) is 2.94. The number of nitrogen functional groups attached to an aromatic ring is 1. The molecule has 18 heavy (non-hydrogen) atoms. The Hall–Kier alpha value is -1.09. The first-order valence-corrected chi connectivity index (χ1v) is 6.75. The highest BCUT2D eigenvalue weighted by Gasteiger charge is 2.28. The SMILES string of the molecule is CC1CC(C)C(C)N(Cc2ccc(N)c(F)c2)C1. The van der Waals surface area contributed by atoms with Crippen LogP contribution < -0.4 is 5.73 Å². The van der Waals surface area contributed by atoms with E-state index in [2.05, 4.69) is 25.7 Å². The molecule has 1 saturated heterocycles. The van der Waals surface area contributed by atoms with Crippen molar-refractivity contribution in [1.82, 2.24) is 4.90 Å². The summed E-state index contributed by atoms with van der Waals surface area (Å²) in [5.41, 5.74) is 6.74. The predicted octanol–water partition coefficient (Wildman–Crippen LogP) is 3.27. The van der Waals surface area contributed by atoms with Crippen molar-refractivity contribution in [3.8, 4) is 0 Å². The normalized spacial score (nSPS) is 29.4. The van der Waals surface area contributed by atoms with Crippen LogP contribution in [0.2, 0.25) is 0 Å². The summed E-state index contributed by atoms with van der Waals surface area (Å²) < 4.78 is 13.4. The Morgan fingerprint density at radius 1 is 1.33 bits per heavy atom. The van der Waals surface area contributed by atoms with Gasteiger partial charge in [-0.05, 0) is 42.9 Å². The Bertz CT molecular complexity index is 419. The lowest BCUT2D eigenvalue weighted by atomic mass is 9.86. The highest BCUT2D eigenvalue weighted by atomic mass is 19.1. The molecule has 2 N–H and O–H groups in total. The first kappa shape index (κ1) is 13.3. The molecule has 0 bridgehead atoms. The van der Waals surface area contributed by atoms with Gasteiger partial charge in [-0.1, -0.05) is 19.9 Å². The molecule has 0 amide bonds. The minimum Gasteiger partial charge on any atom is -0.396 e. The van der Waals surface area contributed by atoms with Crippen molar-refractivity contribution >= 4 is 5.69 Å². The van der Waals surface area contributed by atoms with Gasteiger partial charge in [-0.2, -0.15) is 0 Å². The smallest absolute Gasteiger partial charge is 0.146 e. The number of anilines is 1. The van der Waals surface area contributed by atoms with Crippen molar-refractivity contribution in [1.29, 1.82) is 0 Å². The van der Waals surface area contributed by atoms with Crippen LogP contribution in [0.25, 0.3) is 0 Å². The Morgan fingerprint density at radius 3 is 2.72 bits per heavy atom. The van der Waals surface area contributed by atoms with E-state index < -0.39 is 0 Å². The molecule has 1 heterocycles. The third-order valence-corrected chi connectivity index (χ3v) is 4.17. The highest BCUT2D eigenvalue weighted by molar-refractivity contribution is 5.41. The molecular formula is C15H23FN2. The van der Waals surface area contributed by atoms with E-state index in [1.807, 2.05) is 6.07 Å². The zero-order valence-electron chi connectivity index (χ0n) is 11.5. The minimum absolute atomic E-state index is 0.229. The van der Waals surface area contributed by atoms with Crippen LogP contribution in [0, 0.1) is 17.7 Å². The molecule has 1 fully saturated rings. The van der Waals surface area contributed by atoms with E-state index in [9.17, 15) is 4.39 Å².